The third-order valence-electron chi connectivity index (χ3n) is 11.8. The van der Waals surface area contributed by atoms with Gasteiger partial charge in [0.1, 0.15) is 47.8 Å². The Morgan fingerprint density at radius 3 is 2.42 bits per heavy atom. The molecular formula is C49H43Cl2F3N6O6S. The molecule has 10 rings (SSSR count). The van der Waals surface area contributed by atoms with Crippen molar-refractivity contribution < 1.29 is 42.0 Å². The Morgan fingerprint density at radius 1 is 0.925 bits per heavy atom. The van der Waals surface area contributed by atoms with Gasteiger partial charge in [-0.1, -0.05) is 53.5 Å². The number of aliphatic carboxylic acids is 1. The van der Waals surface area contributed by atoms with Gasteiger partial charge in [-0.2, -0.15) is 0 Å². The Labute approximate surface area is 397 Å². The molecule has 12 nitrogen and oxygen atoms in total. The number of nitrogens with zero attached hydrogens (tertiary/aromatic N) is 6. The number of carbonyl (C=O) groups is 1. The quantitative estimate of drug-likeness (QED) is 0.148. The van der Waals surface area contributed by atoms with Crippen LogP contribution in [0, 0.1) is 19.7 Å². The van der Waals surface area contributed by atoms with Gasteiger partial charge in [0.05, 0.1) is 21.1 Å². The fraction of sp³-hybridized carbons (Fsp3) is 0.286. The van der Waals surface area contributed by atoms with E-state index in [0.29, 0.717) is 77.8 Å². The molecule has 3 aliphatic rings. The fourth-order valence-electron chi connectivity index (χ4n) is 8.29. The van der Waals surface area contributed by atoms with Crippen molar-refractivity contribution in [3.8, 4) is 56.1 Å². The number of rotatable bonds is 9. The largest absolute Gasteiger partial charge is 0.490 e. The fourth-order valence-corrected chi connectivity index (χ4v) is 9.95. The molecule has 18 heteroatoms. The van der Waals surface area contributed by atoms with Crippen molar-refractivity contribution in [2.45, 2.75) is 45.5 Å². The summed E-state index contributed by atoms with van der Waals surface area (Å²) in [4.78, 5) is 37.0. The third kappa shape index (κ3) is 9.86. The lowest BCUT2D eigenvalue weighted by atomic mass is 9.92. The van der Waals surface area contributed by atoms with Crippen LogP contribution in [0.15, 0.2) is 85.3 Å². The second-order valence-corrected chi connectivity index (χ2v) is 18.2. The van der Waals surface area contributed by atoms with Gasteiger partial charge in [-0.15, -0.1) is 11.3 Å². The Morgan fingerprint density at radius 2 is 1.69 bits per heavy atom. The molecule has 6 heterocycles. The van der Waals surface area contributed by atoms with E-state index in [1.807, 2.05) is 13.8 Å². The number of alkyl halides is 2. The number of aromatic nitrogens is 4. The van der Waals surface area contributed by atoms with Crippen LogP contribution < -0.4 is 18.9 Å². The van der Waals surface area contributed by atoms with Crippen LogP contribution in [0.3, 0.4) is 0 Å². The molecule has 0 aliphatic carbocycles. The van der Waals surface area contributed by atoms with Gasteiger partial charge in [-0.05, 0) is 85.6 Å². The summed E-state index contributed by atoms with van der Waals surface area (Å²) in [6.45, 7) is 7.54. The molecule has 0 unspecified atom stereocenters. The van der Waals surface area contributed by atoms with Crippen molar-refractivity contribution >= 4 is 50.7 Å². The van der Waals surface area contributed by atoms with Crippen molar-refractivity contribution in [2.75, 3.05) is 46.4 Å². The molecule has 0 amide bonds. The van der Waals surface area contributed by atoms with Crippen LogP contribution in [0.1, 0.15) is 34.4 Å². The van der Waals surface area contributed by atoms with E-state index < -0.39 is 30.4 Å². The number of hydrogen-bond donors (Lipinski definition) is 1. The normalized spacial score (nSPS) is 16.9. The predicted molar refractivity (Wildman–Crippen MR) is 251 cm³/mol. The molecule has 3 aromatic heterocycles. The number of fused-ring (bicyclic) bond motifs is 7. The summed E-state index contributed by atoms with van der Waals surface area (Å²) in [6, 6.07) is 18.6. The molecule has 4 aromatic carbocycles. The molecule has 346 valence electrons. The summed E-state index contributed by atoms with van der Waals surface area (Å²) >= 11 is 15.9. The van der Waals surface area contributed by atoms with Gasteiger partial charge in [0.25, 0.3) is 6.43 Å². The monoisotopic (exact) mass is 970 g/mol. The smallest absolute Gasteiger partial charge is 0.345 e. The average Bonchev–Trinajstić information content (AvgIpc) is 3.71. The van der Waals surface area contributed by atoms with Crippen LogP contribution >= 0.6 is 34.5 Å². The van der Waals surface area contributed by atoms with Crippen molar-refractivity contribution in [2.24, 2.45) is 0 Å². The number of carboxylic acid groups (broad SMARTS) is 1. The van der Waals surface area contributed by atoms with E-state index in [4.69, 9.17) is 42.1 Å². The number of thiophene rings is 1. The number of hydrogen-bond acceptors (Lipinski definition) is 12. The van der Waals surface area contributed by atoms with E-state index in [2.05, 4.69) is 36.8 Å². The second-order valence-electron chi connectivity index (χ2n) is 16.4. The van der Waals surface area contributed by atoms with Gasteiger partial charge in [0, 0.05) is 72.5 Å². The Kier molecular flexibility index (Phi) is 13.5. The van der Waals surface area contributed by atoms with E-state index in [-0.39, 0.29) is 52.7 Å². The van der Waals surface area contributed by atoms with E-state index in [1.54, 1.807) is 42.5 Å². The molecule has 0 saturated carbocycles. The standard InChI is InChI=1S/C49H43Cl2F3N6O6S/c1-26-38-27(2)42(51)43(41(26)50)65-35(22-60-17-15-59(3)16-18-60)24-63-34-11-12-36(64-23-33-13-14-55-46(58-33)30-6-4-5-29(19-30)45(53)54)31(20-34)21-37(49(61)62)66-47-40-39(38)44(67-48(40)57-25-56-47)28-7-9-32(52)10-8-28/h4-14,19-20,25,35,37,45H,15-18,21-24H2,1-3H3,(H,61,62)/t35-,37-/m1/s1. The molecule has 3 aliphatic heterocycles. The lowest BCUT2D eigenvalue weighted by molar-refractivity contribution is -0.145. The molecule has 4 bridgehead atoms. The molecule has 1 N–H and O–H groups in total. The molecule has 7 aromatic rings. The summed E-state index contributed by atoms with van der Waals surface area (Å²) in [5, 5.41) is 11.8. The number of carboxylic acids is 1. The summed E-state index contributed by atoms with van der Waals surface area (Å²) in [5.74, 6) is -0.478. The first-order chi connectivity index (χ1) is 32.3. The van der Waals surface area contributed by atoms with Gasteiger partial charge < -0.3 is 29.0 Å². The molecule has 1 fully saturated rings. The highest BCUT2D eigenvalue weighted by Gasteiger charge is 2.32. The minimum Gasteiger partial charge on any atom is -0.490 e. The zero-order valence-corrected chi connectivity index (χ0v) is 38.8. The minimum absolute atomic E-state index is 0.0146. The summed E-state index contributed by atoms with van der Waals surface area (Å²) in [7, 11) is 2.08. The highest BCUT2D eigenvalue weighted by molar-refractivity contribution is 7.22. The number of ether oxygens (including phenoxy) is 4. The van der Waals surface area contributed by atoms with Crippen LogP contribution in [0.2, 0.25) is 10.0 Å². The second kappa shape index (κ2) is 19.7. The van der Waals surface area contributed by atoms with Gasteiger partial charge in [0.15, 0.2) is 11.6 Å². The van der Waals surface area contributed by atoms with Crippen LogP contribution in [-0.4, -0.2) is 99.4 Å². The number of benzene rings is 4. The Balaban J connectivity index is 1.15. The zero-order valence-electron chi connectivity index (χ0n) is 36.4. The molecule has 2 atom stereocenters. The SMILES string of the molecule is Cc1c(Cl)c2c(Cl)c(C)c1-c1c(-c3ccc(F)cc3)sc3ncnc(c13)O[C@@H](C(=O)O)Cc1cc(ccc1OCc1ccnc(-c3cccc(C(F)F)c3)n1)OC[C@@H](CN1CCN(C)CC1)O2. The summed E-state index contributed by atoms with van der Waals surface area (Å²) in [6.07, 6.45) is -2.15. The van der Waals surface area contributed by atoms with Crippen LogP contribution in [0.5, 0.6) is 23.1 Å². The Hall–Kier alpha value is -6.04. The minimum atomic E-state index is -2.66. The van der Waals surface area contributed by atoms with Crippen LogP contribution in [0.25, 0.3) is 43.2 Å². The van der Waals surface area contributed by atoms with E-state index in [0.717, 1.165) is 26.2 Å². The predicted octanol–water partition coefficient (Wildman–Crippen LogP) is 10.5. The molecule has 1 saturated heterocycles. The Bertz CT molecular complexity index is 2940. The van der Waals surface area contributed by atoms with Crippen LogP contribution in [0.4, 0.5) is 13.2 Å². The van der Waals surface area contributed by atoms with Gasteiger partial charge >= 0.3 is 5.97 Å². The van der Waals surface area contributed by atoms with Crippen molar-refractivity contribution in [1.82, 2.24) is 29.7 Å². The topological polar surface area (TPSA) is 132 Å². The van der Waals surface area contributed by atoms with Crippen molar-refractivity contribution in [3.05, 3.63) is 129 Å². The van der Waals surface area contributed by atoms with Gasteiger partial charge in [-0.3, -0.25) is 4.90 Å². The van der Waals surface area contributed by atoms with E-state index >= 15 is 0 Å². The number of piperazine rings is 1. The van der Waals surface area contributed by atoms with Crippen molar-refractivity contribution in [3.63, 3.8) is 0 Å². The maximum absolute atomic E-state index is 14.4. The molecule has 0 radical (unpaired) electrons. The highest BCUT2D eigenvalue weighted by atomic mass is 35.5. The zero-order chi connectivity index (χ0) is 46.9. The maximum Gasteiger partial charge on any atom is 0.345 e. The molecular weight excluding hydrogens is 929 g/mol. The lowest BCUT2D eigenvalue weighted by Crippen LogP contribution is -2.49. The summed E-state index contributed by atoms with van der Waals surface area (Å²) in [5.41, 5.74) is 4.26. The third-order valence-corrected chi connectivity index (χ3v) is 13.9. The van der Waals surface area contributed by atoms with E-state index in [9.17, 15) is 23.1 Å². The lowest BCUT2D eigenvalue weighted by Gasteiger charge is -2.35. The van der Waals surface area contributed by atoms with E-state index in [1.165, 1.54) is 54.2 Å². The first-order valence-corrected chi connectivity index (χ1v) is 23.0. The maximum atomic E-state index is 14.4. The van der Waals surface area contributed by atoms with Gasteiger partial charge in [0.2, 0.25) is 12.0 Å². The first-order valence-electron chi connectivity index (χ1n) is 21.4. The summed E-state index contributed by atoms with van der Waals surface area (Å²) < 4.78 is 67.5. The molecule has 0 spiro atoms. The van der Waals surface area contributed by atoms with Crippen molar-refractivity contribution in [1.29, 1.82) is 0 Å². The highest BCUT2D eigenvalue weighted by Crippen LogP contribution is 2.53. The first kappa shape index (κ1) is 46.1. The number of likely N-dealkylation sites (N-methyl/N-ethyl adjacent to an activating group) is 1. The van der Waals surface area contributed by atoms with Gasteiger partial charge in [-0.25, -0.2) is 37.9 Å². The average molecular weight is 972 g/mol. The van der Waals surface area contributed by atoms with Crippen LogP contribution in [-0.2, 0) is 17.8 Å². The number of halogens is 5. The molecule has 67 heavy (non-hydrogen) atoms.